The number of piperidine rings is 1. The molecule has 0 unspecified atom stereocenters. The molecule has 2 aromatic rings. The van der Waals surface area contributed by atoms with E-state index in [0.29, 0.717) is 0 Å². The zero-order valence-corrected chi connectivity index (χ0v) is 71.3. The van der Waals surface area contributed by atoms with E-state index in [1.165, 1.54) is 70.2 Å². The van der Waals surface area contributed by atoms with E-state index in [1.807, 2.05) is 147 Å². The molecule has 0 aromatic heterocycles. The zero-order chi connectivity index (χ0) is 78.6. The molecular formula is C71H198N14O15. The average molecular weight is 1490 g/mol. The molecule has 0 radical (unpaired) electrons. The molecule has 1 fully saturated rings. The first-order valence-corrected chi connectivity index (χ1v) is 29.6. The Morgan fingerprint density at radius 3 is 0.510 bits per heavy atom. The van der Waals surface area contributed by atoms with Crippen LogP contribution in [0.1, 0.15) is 245 Å². The van der Waals surface area contributed by atoms with Gasteiger partial charge in [0.25, 0.3) is 0 Å². The molecule has 1 heterocycles. The Bertz CT molecular complexity index is 1080. The molecule has 0 bridgehead atoms. The summed E-state index contributed by atoms with van der Waals surface area (Å²) in [6.45, 7) is 82.4. The number of carbonyl (C=O) groups is 14. The molecule has 1 saturated heterocycles. The Labute approximate surface area is 629 Å². The molecule has 29 heteroatoms. The lowest BCUT2D eigenvalue weighted by Crippen LogP contribution is -2.33. The van der Waals surface area contributed by atoms with Crippen LogP contribution in [-0.2, 0) is 80.0 Å². The highest BCUT2D eigenvalue weighted by Crippen LogP contribution is 2.07. The van der Waals surface area contributed by atoms with Crippen molar-refractivity contribution in [3.8, 4) is 0 Å². The standard InChI is InChI=1S/2C8H10.C7H13NO.4C5H12.C4H10.C3H8O.3C2H6.2CH5N.13CH2O.11H3N.6H2/c2*1-2-8-6-4-3-5-7-8;1-7(9)8-5-3-2-4-6-8;4*1-4-5(2)3;1-4(2)3;1-3(2)4;18*1-2;;;;;;;;;;;;;;;;;/h2*3-7H,2H2,1H3;2-6H2,1H3;4*5H,4H2,1-3H3;4H,1-3H3;3-4H,1-2H3;3*1-2H3;2*2H2,1H3;13*1H2;11*1H3;6*1H. The van der Waals surface area contributed by atoms with E-state index >= 15 is 0 Å². The van der Waals surface area contributed by atoms with E-state index in [0.717, 1.165) is 55.5 Å². The lowest BCUT2D eigenvalue weighted by Gasteiger charge is -2.24. The maximum atomic E-state index is 10.7. The van der Waals surface area contributed by atoms with Crippen LogP contribution in [0.3, 0.4) is 0 Å². The lowest BCUT2D eigenvalue weighted by atomic mass is 10.1. The molecule has 2 aromatic carbocycles. The minimum Gasteiger partial charge on any atom is -0.394 e. The van der Waals surface area contributed by atoms with Gasteiger partial charge in [0, 0.05) is 34.7 Å². The average Bonchev–Trinajstić information content (AvgIpc) is 3.63. The predicted molar refractivity (Wildman–Crippen MR) is 461 cm³/mol. The number of aliphatic hydroxyl groups excluding tert-OH is 1. The highest BCUT2D eigenvalue weighted by atomic mass is 16.3. The largest absolute Gasteiger partial charge is 0.394 e. The monoisotopic (exact) mass is 1490 g/mol. The molecule has 38 N–H and O–H groups in total. The van der Waals surface area contributed by atoms with Crippen molar-refractivity contribution < 1.29 is 80.8 Å². The second-order valence-corrected chi connectivity index (χ2v) is 16.3. The fourth-order valence-electron chi connectivity index (χ4n) is 2.64. The fraction of sp³-hybridized carbons (Fsp3) is 0.634. The van der Waals surface area contributed by atoms with Crippen LogP contribution in [0.5, 0.6) is 0 Å². The second kappa shape index (κ2) is 393. The third kappa shape index (κ3) is 676. The maximum absolute atomic E-state index is 10.7. The van der Waals surface area contributed by atoms with Crippen molar-refractivity contribution in [2.24, 2.45) is 41.1 Å². The molecule has 0 aliphatic carbocycles. The third-order valence-corrected chi connectivity index (χ3v) is 7.57. The van der Waals surface area contributed by atoms with Gasteiger partial charge in [0.05, 0.1) is 0 Å². The molecule has 3 rings (SSSR count). The van der Waals surface area contributed by atoms with Gasteiger partial charge in [-0.1, -0.05) is 246 Å². The molecule has 0 atom stereocenters. The summed E-state index contributed by atoms with van der Waals surface area (Å²) in [6.07, 6.45) is 11.0. The van der Waals surface area contributed by atoms with Gasteiger partial charge in [-0.15, -0.1) is 0 Å². The number of hydrogen-bond donors (Lipinski definition) is 14. The minimum atomic E-state index is -0.167. The quantitative estimate of drug-likeness (QED) is 0.128. The van der Waals surface area contributed by atoms with Gasteiger partial charge < -0.3 is 151 Å². The number of rotatable bonds is 6. The van der Waals surface area contributed by atoms with Gasteiger partial charge in [-0.25, -0.2) is 0 Å². The van der Waals surface area contributed by atoms with E-state index in [-0.39, 0.29) is 88.2 Å². The molecule has 100 heavy (non-hydrogen) atoms. The van der Waals surface area contributed by atoms with Crippen molar-refractivity contribution in [1.82, 2.24) is 72.6 Å². The summed E-state index contributed by atoms with van der Waals surface area (Å²) in [6, 6.07) is 20.9. The number of hydrogen-bond acceptors (Lipinski definition) is 28. The summed E-state index contributed by atoms with van der Waals surface area (Å²) >= 11 is 0. The van der Waals surface area contributed by atoms with Crippen molar-refractivity contribution in [2.75, 3.05) is 27.2 Å². The van der Waals surface area contributed by atoms with Gasteiger partial charge in [0.15, 0.2) is 0 Å². The number of likely N-dealkylation sites (tertiary alicyclic amines) is 1. The number of nitrogens with two attached hydrogens (primary N) is 2. The predicted octanol–water partition coefficient (Wildman–Crippen LogP) is 18.9. The van der Waals surface area contributed by atoms with E-state index in [1.54, 1.807) is 20.8 Å². The molecule has 1 aliphatic rings. The molecule has 0 saturated carbocycles. The van der Waals surface area contributed by atoms with Gasteiger partial charge in [0.2, 0.25) is 5.91 Å². The van der Waals surface area contributed by atoms with E-state index < -0.39 is 0 Å². The SMILES string of the molecule is C=O.C=O.C=O.C=O.C=O.C=O.C=O.C=O.C=O.C=O.C=O.C=O.C=O.CC.CC.CC.CC(=O)N1CCCCC1.CC(C)C.CC(C)O.CCC(C)C.CCC(C)C.CCC(C)C.CCC(C)C.CCc1ccccc1.CCc1ccccc1.CN.CN.N.N.N.N.N.N.N.N.N.N.N.[HH].[HH].[HH].[HH].[HH].[HH]. The van der Waals surface area contributed by atoms with Gasteiger partial charge >= 0.3 is 0 Å². The van der Waals surface area contributed by atoms with Crippen LogP contribution >= 0.6 is 0 Å². The number of amides is 1. The van der Waals surface area contributed by atoms with Crippen molar-refractivity contribution in [2.45, 2.75) is 244 Å². The highest BCUT2D eigenvalue weighted by Gasteiger charge is 2.11. The Hall–Kier alpha value is -6.94. The Kier molecular flexibility index (Phi) is 920. The van der Waals surface area contributed by atoms with Crippen LogP contribution in [0.4, 0.5) is 0 Å². The summed E-state index contributed by atoms with van der Waals surface area (Å²) in [4.78, 5) is 117. The first-order chi connectivity index (χ1) is 42.7. The van der Waals surface area contributed by atoms with Crippen molar-refractivity contribution in [1.29, 1.82) is 0 Å². The first-order valence-electron chi connectivity index (χ1n) is 29.6. The van der Waals surface area contributed by atoms with Crippen LogP contribution in [0, 0.1) is 29.6 Å². The van der Waals surface area contributed by atoms with Crippen molar-refractivity contribution in [3.63, 3.8) is 0 Å². The van der Waals surface area contributed by atoms with Crippen LogP contribution in [-0.4, -0.2) is 137 Å². The molecular weight excluding hydrogens is 1290 g/mol. The maximum Gasteiger partial charge on any atom is 0.219 e. The Balaban J connectivity index is -0.0000000108. The third-order valence-electron chi connectivity index (χ3n) is 7.57. The number of benzene rings is 2. The highest BCUT2D eigenvalue weighted by molar-refractivity contribution is 5.73. The number of aryl methyl sites for hydroxylation is 2. The van der Waals surface area contributed by atoms with Crippen LogP contribution < -0.4 is 79.1 Å². The summed E-state index contributed by atoms with van der Waals surface area (Å²) in [5, 5.41) is 8.06. The minimum absolute atomic E-state index is 0. The Morgan fingerprint density at radius 2 is 0.450 bits per heavy atom. The molecule has 0 spiro atoms. The van der Waals surface area contributed by atoms with Crippen LogP contribution in [0.25, 0.3) is 0 Å². The van der Waals surface area contributed by atoms with Gasteiger partial charge in [-0.05, 0) is 101 Å². The topological polar surface area (TPSA) is 699 Å². The van der Waals surface area contributed by atoms with E-state index in [9.17, 15) is 4.79 Å². The summed E-state index contributed by atoms with van der Waals surface area (Å²) in [5.74, 6) is 4.60. The lowest BCUT2D eigenvalue weighted by molar-refractivity contribution is -0.129. The zero-order valence-electron chi connectivity index (χ0n) is 71.3. The van der Waals surface area contributed by atoms with Gasteiger partial charge in [-0.3, -0.25) is 4.79 Å². The molecule has 642 valence electrons. The van der Waals surface area contributed by atoms with E-state index in [2.05, 4.69) is 178 Å². The summed E-state index contributed by atoms with van der Waals surface area (Å²) in [5.41, 5.74) is 11.8. The molecule has 1 amide bonds. The fourth-order valence-corrected chi connectivity index (χ4v) is 2.64. The number of aliphatic hydroxyl groups is 1. The van der Waals surface area contributed by atoms with Gasteiger partial charge in [-0.2, -0.15) is 0 Å². The molecule has 1 aliphatic heterocycles. The number of carbonyl (C=O) groups excluding carboxylic acids is 14. The van der Waals surface area contributed by atoms with Crippen molar-refractivity contribution in [3.05, 3.63) is 71.8 Å². The normalized spacial score (nSPS) is 6.71. The smallest absolute Gasteiger partial charge is 0.219 e. The Morgan fingerprint density at radius 1 is 0.340 bits per heavy atom. The summed E-state index contributed by atoms with van der Waals surface area (Å²) in [7, 11) is 3.00. The second-order valence-electron chi connectivity index (χ2n) is 16.3. The summed E-state index contributed by atoms with van der Waals surface area (Å²) < 4.78 is 0. The van der Waals surface area contributed by atoms with E-state index in [4.69, 9.17) is 67.4 Å². The number of nitrogens with zero attached hydrogens (tertiary/aromatic N) is 1. The van der Waals surface area contributed by atoms with Crippen molar-refractivity contribution >= 4 is 94.2 Å². The van der Waals surface area contributed by atoms with Gasteiger partial charge in [0.1, 0.15) is 88.3 Å². The van der Waals surface area contributed by atoms with Crippen LogP contribution in [0.2, 0.25) is 0 Å². The molecule has 29 nitrogen and oxygen atoms in total. The first kappa shape index (κ1) is 234. The van der Waals surface area contributed by atoms with Crippen LogP contribution in [0.15, 0.2) is 60.7 Å².